The maximum atomic E-state index is 13.5. The molecule has 1 aromatic heterocycles. The van der Waals surface area contributed by atoms with Gasteiger partial charge in [0, 0.05) is 30.4 Å². The fourth-order valence-electron chi connectivity index (χ4n) is 4.45. The van der Waals surface area contributed by atoms with Crippen molar-refractivity contribution in [3.05, 3.63) is 102 Å². The molecule has 5 nitrogen and oxygen atoms in total. The van der Waals surface area contributed by atoms with E-state index in [9.17, 15) is 4.79 Å². The first kappa shape index (κ1) is 26.9. The first-order chi connectivity index (χ1) is 18.5. The second-order valence-electron chi connectivity index (χ2n) is 8.91. The maximum absolute atomic E-state index is 13.5. The molecule has 1 N–H and O–H groups in total. The molecule has 194 valence electrons. The van der Waals surface area contributed by atoms with E-state index in [1.807, 2.05) is 66.7 Å². The standard InChI is InChI=1S/C30H26BrIN2O3S/c1-36-25-16-22(32)15-20(28(25)37-18-19-11-13-21(31)14-12-19)17-33-30-27(24-9-5-6-10-26(24)38-30)29(35)34-23-7-3-2-4-8-23/h2-4,7-8,11-17H,5-6,9-10,18H2,1H3,(H,34,35). The third-order valence-corrected chi connectivity index (χ3v) is 8.65. The summed E-state index contributed by atoms with van der Waals surface area (Å²) in [6.45, 7) is 0.392. The van der Waals surface area contributed by atoms with Crippen molar-refractivity contribution >= 4 is 72.7 Å². The van der Waals surface area contributed by atoms with E-state index in [0.717, 1.165) is 61.1 Å². The first-order valence-corrected chi connectivity index (χ1v) is 15.0. The zero-order chi connectivity index (χ0) is 26.5. The smallest absolute Gasteiger partial charge is 0.259 e. The predicted molar refractivity (Wildman–Crippen MR) is 167 cm³/mol. The number of halogens is 2. The molecule has 0 radical (unpaired) electrons. The van der Waals surface area contributed by atoms with Gasteiger partial charge in [-0.25, -0.2) is 4.99 Å². The molecule has 38 heavy (non-hydrogen) atoms. The monoisotopic (exact) mass is 700 g/mol. The van der Waals surface area contributed by atoms with Gasteiger partial charge in [-0.3, -0.25) is 4.79 Å². The number of fused-ring (bicyclic) bond motifs is 1. The van der Waals surface area contributed by atoms with Crippen LogP contribution in [0.2, 0.25) is 0 Å². The van der Waals surface area contributed by atoms with Crippen LogP contribution in [0.25, 0.3) is 0 Å². The number of aliphatic imine (C=N–C) groups is 1. The summed E-state index contributed by atoms with van der Waals surface area (Å²) in [4.78, 5) is 19.6. The number of rotatable bonds is 8. The van der Waals surface area contributed by atoms with Crippen molar-refractivity contribution in [2.24, 2.45) is 4.99 Å². The predicted octanol–water partition coefficient (Wildman–Crippen LogP) is 8.58. The lowest BCUT2D eigenvalue weighted by Crippen LogP contribution is -2.14. The zero-order valence-electron chi connectivity index (χ0n) is 20.8. The Bertz CT molecular complexity index is 1470. The fraction of sp³-hybridized carbons (Fsp3) is 0.200. The Balaban J connectivity index is 1.48. The summed E-state index contributed by atoms with van der Waals surface area (Å²) in [6.07, 6.45) is 5.90. The van der Waals surface area contributed by atoms with Crippen molar-refractivity contribution in [3.8, 4) is 11.5 Å². The molecular weight excluding hydrogens is 675 g/mol. The van der Waals surface area contributed by atoms with E-state index in [2.05, 4.69) is 43.8 Å². The summed E-state index contributed by atoms with van der Waals surface area (Å²) >= 11 is 7.35. The molecule has 5 rings (SSSR count). The summed E-state index contributed by atoms with van der Waals surface area (Å²) in [5, 5.41) is 3.78. The summed E-state index contributed by atoms with van der Waals surface area (Å²) in [6, 6.07) is 21.5. The number of anilines is 1. The number of nitrogens with one attached hydrogen (secondary N) is 1. The van der Waals surface area contributed by atoms with Crippen molar-refractivity contribution in [1.82, 2.24) is 0 Å². The van der Waals surface area contributed by atoms with Crippen LogP contribution in [0.5, 0.6) is 11.5 Å². The Labute approximate surface area is 248 Å². The molecule has 1 aliphatic carbocycles. The molecule has 0 saturated heterocycles. The summed E-state index contributed by atoms with van der Waals surface area (Å²) in [5.41, 5.74) is 4.43. The zero-order valence-corrected chi connectivity index (χ0v) is 25.4. The van der Waals surface area contributed by atoms with Crippen molar-refractivity contribution in [1.29, 1.82) is 0 Å². The van der Waals surface area contributed by atoms with Gasteiger partial charge in [-0.05, 0) is 95.8 Å². The lowest BCUT2D eigenvalue weighted by atomic mass is 9.95. The maximum Gasteiger partial charge on any atom is 0.259 e. The normalized spacial score (nSPS) is 12.8. The Morgan fingerprint density at radius 1 is 1.11 bits per heavy atom. The van der Waals surface area contributed by atoms with Gasteiger partial charge >= 0.3 is 0 Å². The van der Waals surface area contributed by atoms with E-state index in [4.69, 9.17) is 14.5 Å². The minimum Gasteiger partial charge on any atom is -0.493 e. The summed E-state index contributed by atoms with van der Waals surface area (Å²) < 4.78 is 13.9. The third kappa shape index (κ3) is 6.30. The highest BCUT2D eigenvalue weighted by Crippen LogP contribution is 2.41. The largest absolute Gasteiger partial charge is 0.493 e. The SMILES string of the molecule is COc1cc(I)cc(C=Nc2sc3c(c2C(=O)Nc2ccccc2)CCCC3)c1OCc1ccc(Br)cc1. The molecule has 1 amide bonds. The molecule has 4 aromatic rings. The van der Waals surface area contributed by atoms with Gasteiger partial charge < -0.3 is 14.8 Å². The van der Waals surface area contributed by atoms with Crippen LogP contribution in [0.4, 0.5) is 10.7 Å². The molecule has 0 atom stereocenters. The van der Waals surface area contributed by atoms with Gasteiger partial charge in [-0.15, -0.1) is 11.3 Å². The number of methoxy groups -OCH3 is 1. The van der Waals surface area contributed by atoms with Crippen LogP contribution in [-0.2, 0) is 19.4 Å². The molecule has 0 aliphatic heterocycles. The number of ether oxygens (including phenoxy) is 2. The quantitative estimate of drug-likeness (QED) is 0.148. The number of amides is 1. The highest BCUT2D eigenvalue weighted by atomic mass is 127. The minimum atomic E-state index is -0.116. The van der Waals surface area contributed by atoms with E-state index >= 15 is 0 Å². The average molecular weight is 701 g/mol. The lowest BCUT2D eigenvalue weighted by molar-refractivity contribution is 0.102. The second kappa shape index (κ2) is 12.4. The molecule has 0 spiro atoms. The van der Waals surface area contributed by atoms with Crippen molar-refractivity contribution < 1.29 is 14.3 Å². The van der Waals surface area contributed by atoms with E-state index in [1.165, 1.54) is 4.88 Å². The molecule has 0 unspecified atom stereocenters. The average Bonchev–Trinajstić information content (AvgIpc) is 3.31. The second-order valence-corrected chi connectivity index (χ2v) is 12.2. The molecule has 3 aromatic carbocycles. The van der Waals surface area contributed by atoms with Gasteiger partial charge in [-0.1, -0.05) is 46.3 Å². The molecule has 0 fully saturated rings. The van der Waals surface area contributed by atoms with E-state index in [1.54, 1.807) is 24.7 Å². The van der Waals surface area contributed by atoms with Crippen molar-refractivity contribution in [2.45, 2.75) is 32.3 Å². The van der Waals surface area contributed by atoms with Gasteiger partial charge in [-0.2, -0.15) is 0 Å². The van der Waals surface area contributed by atoms with E-state index < -0.39 is 0 Å². The first-order valence-electron chi connectivity index (χ1n) is 12.3. The van der Waals surface area contributed by atoms with E-state index in [0.29, 0.717) is 23.7 Å². The summed E-state index contributed by atoms with van der Waals surface area (Å²) in [5.74, 6) is 1.15. The number of para-hydroxylation sites is 1. The highest BCUT2D eigenvalue weighted by molar-refractivity contribution is 14.1. The van der Waals surface area contributed by atoms with Gasteiger partial charge in [0.15, 0.2) is 11.5 Å². The molecular formula is C30H26BrIN2O3S. The number of hydrogen-bond donors (Lipinski definition) is 1. The molecule has 1 heterocycles. The van der Waals surface area contributed by atoms with Crippen LogP contribution in [0.15, 0.2) is 76.2 Å². The van der Waals surface area contributed by atoms with Crippen LogP contribution < -0.4 is 14.8 Å². The van der Waals surface area contributed by atoms with Gasteiger partial charge in [0.2, 0.25) is 0 Å². The third-order valence-electron chi connectivity index (χ3n) is 6.30. The van der Waals surface area contributed by atoms with Gasteiger partial charge in [0.05, 0.1) is 12.7 Å². The number of aryl methyl sites for hydroxylation is 1. The van der Waals surface area contributed by atoms with Gasteiger partial charge in [0.1, 0.15) is 11.6 Å². The van der Waals surface area contributed by atoms with E-state index in [-0.39, 0.29) is 5.91 Å². The van der Waals surface area contributed by atoms with Gasteiger partial charge in [0.25, 0.3) is 5.91 Å². The topological polar surface area (TPSA) is 59.9 Å². The highest BCUT2D eigenvalue weighted by Gasteiger charge is 2.25. The Hall–Kier alpha value is -2.69. The van der Waals surface area contributed by atoms with Crippen LogP contribution in [0.1, 0.15) is 44.8 Å². The number of hydrogen-bond acceptors (Lipinski definition) is 5. The number of carbonyl (C=O) groups is 1. The fourth-order valence-corrected chi connectivity index (χ4v) is 6.56. The lowest BCUT2D eigenvalue weighted by Gasteiger charge is -2.14. The van der Waals surface area contributed by atoms with Crippen LogP contribution in [-0.4, -0.2) is 19.2 Å². The number of benzene rings is 3. The van der Waals surface area contributed by atoms with Crippen LogP contribution in [0, 0.1) is 3.57 Å². The molecule has 1 aliphatic rings. The minimum absolute atomic E-state index is 0.116. The Morgan fingerprint density at radius 3 is 2.63 bits per heavy atom. The van der Waals surface area contributed by atoms with Crippen molar-refractivity contribution in [3.63, 3.8) is 0 Å². The molecule has 0 saturated carbocycles. The number of thiophene rings is 1. The summed E-state index contributed by atoms with van der Waals surface area (Å²) in [7, 11) is 1.64. The molecule has 8 heteroatoms. The number of nitrogens with zero attached hydrogens (tertiary/aromatic N) is 1. The molecule has 0 bridgehead atoms. The van der Waals surface area contributed by atoms with Crippen LogP contribution in [0.3, 0.4) is 0 Å². The Kier molecular flexibility index (Phi) is 8.81. The van der Waals surface area contributed by atoms with Crippen LogP contribution >= 0.6 is 49.9 Å². The van der Waals surface area contributed by atoms with Crippen molar-refractivity contribution in [2.75, 3.05) is 12.4 Å². The number of carbonyl (C=O) groups excluding carboxylic acids is 1. The Morgan fingerprint density at radius 2 is 1.87 bits per heavy atom.